The third-order valence-electron chi connectivity index (χ3n) is 3.08. The molecule has 0 bridgehead atoms. The van der Waals surface area contributed by atoms with E-state index in [9.17, 15) is 5.26 Å². The normalized spacial score (nSPS) is 13.4. The molecule has 0 aromatic heterocycles. The van der Waals surface area contributed by atoms with Crippen molar-refractivity contribution in [1.82, 2.24) is 0 Å². The molecule has 0 saturated carbocycles. The third kappa shape index (κ3) is 2.36. The zero-order chi connectivity index (χ0) is 13.0. The number of nitrogens with one attached hydrogen (secondary N) is 1. The first kappa shape index (κ1) is 12.2. The maximum atomic E-state index is 9.51. The highest BCUT2D eigenvalue weighted by molar-refractivity contribution is 5.51. The topological polar surface area (TPSA) is 35.8 Å². The average Bonchev–Trinajstić information content (AvgIpc) is 2.40. The Morgan fingerprint density at radius 1 is 1.00 bits per heavy atom. The average molecular weight is 236 g/mol. The molecule has 2 nitrogen and oxygen atoms in total. The lowest BCUT2D eigenvalue weighted by Gasteiger charge is -2.26. The van der Waals surface area contributed by atoms with Crippen LogP contribution in [0.25, 0.3) is 0 Å². The predicted octanol–water partition coefficient (Wildman–Crippen LogP) is 3.85. The van der Waals surface area contributed by atoms with Gasteiger partial charge in [-0.15, -0.1) is 0 Å². The van der Waals surface area contributed by atoms with Crippen LogP contribution in [0.4, 0.5) is 5.69 Å². The zero-order valence-corrected chi connectivity index (χ0v) is 10.6. The van der Waals surface area contributed by atoms with E-state index in [0.717, 1.165) is 16.8 Å². The molecule has 0 aliphatic rings. The Balaban J connectivity index is 2.38. The van der Waals surface area contributed by atoms with Crippen LogP contribution in [0.5, 0.6) is 0 Å². The van der Waals surface area contributed by atoms with E-state index in [1.54, 1.807) is 0 Å². The number of nitriles is 1. The van der Waals surface area contributed by atoms with E-state index in [-0.39, 0.29) is 0 Å². The van der Waals surface area contributed by atoms with Crippen LogP contribution >= 0.6 is 0 Å². The second-order valence-corrected chi connectivity index (χ2v) is 4.54. The van der Waals surface area contributed by atoms with Crippen LogP contribution in [0.1, 0.15) is 18.1 Å². The zero-order valence-electron chi connectivity index (χ0n) is 10.6. The minimum Gasteiger partial charge on any atom is -0.364 e. The molecule has 2 rings (SSSR count). The number of rotatable bonds is 3. The summed E-state index contributed by atoms with van der Waals surface area (Å²) in [5, 5.41) is 12.8. The summed E-state index contributed by atoms with van der Waals surface area (Å²) in [6.45, 7) is 3.93. The van der Waals surface area contributed by atoms with E-state index < -0.39 is 5.54 Å². The van der Waals surface area contributed by atoms with Gasteiger partial charge in [0, 0.05) is 5.69 Å². The Labute approximate surface area is 108 Å². The summed E-state index contributed by atoms with van der Waals surface area (Å²) in [6, 6.07) is 20.1. The van der Waals surface area contributed by atoms with Crippen LogP contribution in [0.15, 0.2) is 54.6 Å². The molecule has 1 unspecified atom stereocenters. The molecule has 0 aliphatic carbocycles. The second-order valence-electron chi connectivity index (χ2n) is 4.54. The predicted molar refractivity (Wildman–Crippen MR) is 74.2 cm³/mol. The molecule has 0 spiro atoms. The molecule has 2 heteroatoms. The van der Waals surface area contributed by atoms with Gasteiger partial charge in [0.2, 0.25) is 0 Å². The number of hydrogen-bond acceptors (Lipinski definition) is 2. The highest BCUT2D eigenvalue weighted by Crippen LogP contribution is 2.27. The van der Waals surface area contributed by atoms with E-state index in [0.29, 0.717) is 0 Å². The smallest absolute Gasteiger partial charge is 0.148 e. The van der Waals surface area contributed by atoms with Crippen LogP contribution in [-0.2, 0) is 5.54 Å². The Morgan fingerprint density at radius 3 is 2.22 bits per heavy atom. The standard InChI is InChI=1S/C16H16N2/c1-13-8-6-7-11-15(13)16(2,12-17)18-14-9-4-3-5-10-14/h3-11,18H,1-2H3. The van der Waals surface area contributed by atoms with Crippen molar-refractivity contribution in [3.05, 3.63) is 65.7 Å². The lowest BCUT2D eigenvalue weighted by Crippen LogP contribution is -2.30. The molecule has 0 aliphatic heterocycles. The summed E-state index contributed by atoms with van der Waals surface area (Å²) in [5.41, 5.74) is 2.36. The summed E-state index contributed by atoms with van der Waals surface area (Å²) in [4.78, 5) is 0. The fourth-order valence-corrected chi connectivity index (χ4v) is 2.10. The first-order valence-corrected chi connectivity index (χ1v) is 5.96. The van der Waals surface area contributed by atoms with E-state index in [4.69, 9.17) is 0 Å². The van der Waals surface area contributed by atoms with Crippen molar-refractivity contribution in [3.63, 3.8) is 0 Å². The number of nitrogens with zero attached hydrogens (tertiary/aromatic N) is 1. The third-order valence-corrected chi connectivity index (χ3v) is 3.08. The lowest BCUT2D eigenvalue weighted by atomic mass is 9.89. The van der Waals surface area contributed by atoms with E-state index in [2.05, 4.69) is 11.4 Å². The Hall–Kier alpha value is -2.27. The summed E-state index contributed by atoms with van der Waals surface area (Å²) >= 11 is 0. The number of anilines is 1. The number of aryl methyl sites for hydroxylation is 1. The fourth-order valence-electron chi connectivity index (χ4n) is 2.10. The number of hydrogen-bond donors (Lipinski definition) is 1. The van der Waals surface area contributed by atoms with Gasteiger partial charge in [0.25, 0.3) is 0 Å². The molecule has 1 atom stereocenters. The molecule has 0 radical (unpaired) electrons. The molecule has 2 aromatic carbocycles. The van der Waals surface area contributed by atoms with Crippen LogP contribution in [0.2, 0.25) is 0 Å². The largest absolute Gasteiger partial charge is 0.364 e. The summed E-state index contributed by atoms with van der Waals surface area (Å²) in [5.74, 6) is 0. The van der Waals surface area contributed by atoms with Gasteiger partial charge in [0.15, 0.2) is 0 Å². The van der Waals surface area contributed by atoms with Gasteiger partial charge in [0.1, 0.15) is 5.54 Å². The Kier molecular flexibility index (Phi) is 3.34. The Bertz CT molecular complexity index is 569. The van der Waals surface area contributed by atoms with Gasteiger partial charge < -0.3 is 5.32 Å². The molecule has 90 valence electrons. The molecular weight excluding hydrogens is 220 g/mol. The van der Waals surface area contributed by atoms with Crippen molar-refractivity contribution >= 4 is 5.69 Å². The van der Waals surface area contributed by atoms with Crippen molar-refractivity contribution in [1.29, 1.82) is 5.26 Å². The first-order valence-electron chi connectivity index (χ1n) is 5.96. The van der Waals surface area contributed by atoms with Crippen LogP contribution in [-0.4, -0.2) is 0 Å². The summed E-state index contributed by atoms with van der Waals surface area (Å²) in [7, 11) is 0. The highest BCUT2D eigenvalue weighted by atomic mass is 15.0. The van der Waals surface area contributed by atoms with E-state index in [1.165, 1.54) is 0 Å². The minimum absolute atomic E-state index is 0.716. The van der Waals surface area contributed by atoms with Crippen molar-refractivity contribution in [2.45, 2.75) is 19.4 Å². The molecule has 0 fully saturated rings. The minimum atomic E-state index is -0.716. The van der Waals surface area contributed by atoms with Gasteiger partial charge >= 0.3 is 0 Å². The molecular formula is C16H16N2. The van der Waals surface area contributed by atoms with Crippen LogP contribution in [0.3, 0.4) is 0 Å². The van der Waals surface area contributed by atoms with E-state index >= 15 is 0 Å². The van der Waals surface area contributed by atoms with Crippen molar-refractivity contribution in [3.8, 4) is 6.07 Å². The monoisotopic (exact) mass is 236 g/mol. The van der Waals surface area contributed by atoms with E-state index in [1.807, 2.05) is 68.4 Å². The molecule has 1 N–H and O–H groups in total. The summed E-state index contributed by atoms with van der Waals surface area (Å²) < 4.78 is 0. The quantitative estimate of drug-likeness (QED) is 0.878. The first-order chi connectivity index (χ1) is 8.65. The van der Waals surface area contributed by atoms with Crippen LogP contribution in [0, 0.1) is 18.3 Å². The molecule has 2 aromatic rings. The van der Waals surface area contributed by atoms with Gasteiger partial charge in [-0.25, -0.2) is 0 Å². The lowest BCUT2D eigenvalue weighted by molar-refractivity contribution is 0.700. The number of benzene rings is 2. The fraction of sp³-hybridized carbons (Fsp3) is 0.188. The molecule has 0 amide bonds. The SMILES string of the molecule is Cc1ccccc1C(C)(C#N)Nc1ccccc1. The highest BCUT2D eigenvalue weighted by Gasteiger charge is 2.27. The second kappa shape index (κ2) is 4.93. The van der Waals surface area contributed by atoms with Gasteiger partial charge in [-0.05, 0) is 37.1 Å². The summed E-state index contributed by atoms with van der Waals surface area (Å²) in [6.07, 6.45) is 0. The molecule has 0 heterocycles. The van der Waals surface area contributed by atoms with Crippen LogP contribution < -0.4 is 5.32 Å². The van der Waals surface area contributed by atoms with Crippen molar-refractivity contribution < 1.29 is 0 Å². The molecule has 18 heavy (non-hydrogen) atoms. The maximum absolute atomic E-state index is 9.51. The van der Waals surface area contributed by atoms with Gasteiger partial charge in [0.05, 0.1) is 6.07 Å². The van der Waals surface area contributed by atoms with Crippen molar-refractivity contribution in [2.75, 3.05) is 5.32 Å². The van der Waals surface area contributed by atoms with Crippen molar-refractivity contribution in [2.24, 2.45) is 0 Å². The van der Waals surface area contributed by atoms with Gasteiger partial charge in [-0.2, -0.15) is 5.26 Å². The van der Waals surface area contributed by atoms with Gasteiger partial charge in [-0.1, -0.05) is 42.5 Å². The maximum Gasteiger partial charge on any atom is 0.148 e. The number of para-hydroxylation sites is 1. The van der Waals surface area contributed by atoms with Gasteiger partial charge in [-0.3, -0.25) is 0 Å². The Morgan fingerprint density at radius 2 is 1.61 bits per heavy atom. The molecule has 0 saturated heterocycles.